The van der Waals surface area contributed by atoms with Gasteiger partial charge in [-0.25, -0.2) is 13.1 Å². The quantitative estimate of drug-likeness (QED) is 0.686. The number of H-pyrrole nitrogens is 1. The summed E-state index contributed by atoms with van der Waals surface area (Å²) in [5, 5.41) is 6.00. The zero-order valence-electron chi connectivity index (χ0n) is 7.12. The van der Waals surface area contributed by atoms with Crippen molar-refractivity contribution in [3.05, 3.63) is 17.8 Å². The Balaban J connectivity index is 2.87. The molecular formula is C6H9ClN4O2S. The fourth-order valence-corrected chi connectivity index (χ4v) is 1.94. The fraction of sp³-hybridized carbons (Fsp3) is 0.167. The van der Waals surface area contributed by atoms with Gasteiger partial charge in [-0.15, -0.1) is 0 Å². The first kappa shape index (κ1) is 11.0. The molecule has 0 saturated heterocycles. The third-order valence-electron chi connectivity index (χ3n) is 1.38. The largest absolute Gasteiger partial charge is 0.383 e. The van der Waals surface area contributed by atoms with Gasteiger partial charge in [-0.2, -0.15) is 5.10 Å². The highest BCUT2D eigenvalue weighted by atomic mass is 35.5. The van der Waals surface area contributed by atoms with Gasteiger partial charge in [-0.05, 0) is 0 Å². The highest BCUT2D eigenvalue weighted by Crippen LogP contribution is 2.13. The van der Waals surface area contributed by atoms with Crippen LogP contribution in [-0.4, -0.2) is 25.2 Å². The summed E-state index contributed by atoms with van der Waals surface area (Å²) in [6.07, 6.45) is 1.12. The number of sulfonamides is 1. The second-order valence-corrected chi connectivity index (χ2v) is 4.76. The molecule has 0 aliphatic carbocycles. The molecule has 78 valence electrons. The monoisotopic (exact) mass is 236 g/mol. The number of hydrogen-bond donors (Lipinski definition) is 3. The van der Waals surface area contributed by atoms with Gasteiger partial charge in [0.05, 0.1) is 6.20 Å². The van der Waals surface area contributed by atoms with Crippen LogP contribution in [0, 0.1) is 0 Å². The summed E-state index contributed by atoms with van der Waals surface area (Å²) < 4.78 is 25.1. The van der Waals surface area contributed by atoms with E-state index < -0.39 is 10.0 Å². The van der Waals surface area contributed by atoms with Crippen LogP contribution in [0.3, 0.4) is 0 Å². The molecule has 0 unspecified atom stereocenters. The standard InChI is InChI=1S/C6H9ClN4O2S/c1-4(7)2-10-14(12,13)5-3-9-11-6(5)8/h3,10H,1-2H2,(H3,8,9,11). The molecule has 0 fully saturated rings. The second-order valence-electron chi connectivity index (χ2n) is 2.49. The number of nitrogens with one attached hydrogen (secondary N) is 2. The molecule has 1 heterocycles. The molecule has 0 radical (unpaired) electrons. The maximum absolute atomic E-state index is 11.5. The van der Waals surface area contributed by atoms with Crippen molar-refractivity contribution in [2.75, 3.05) is 12.3 Å². The third kappa shape index (κ3) is 2.47. The Morgan fingerprint density at radius 2 is 2.43 bits per heavy atom. The molecule has 0 aliphatic rings. The number of nitrogen functional groups attached to an aromatic ring is 1. The Morgan fingerprint density at radius 1 is 1.79 bits per heavy atom. The van der Waals surface area contributed by atoms with Gasteiger partial charge in [-0.3, -0.25) is 5.10 Å². The highest BCUT2D eigenvalue weighted by Gasteiger charge is 2.18. The van der Waals surface area contributed by atoms with Crippen molar-refractivity contribution in [3.8, 4) is 0 Å². The number of hydrogen-bond acceptors (Lipinski definition) is 4. The number of rotatable bonds is 4. The van der Waals surface area contributed by atoms with Crippen LogP contribution in [0.2, 0.25) is 0 Å². The van der Waals surface area contributed by atoms with Crippen molar-refractivity contribution in [3.63, 3.8) is 0 Å². The van der Waals surface area contributed by atoms with Crippen molar-refractivity contribution < 1.29 is 8.42 Å². The molecule has 0 spiro atoms. The molecular weight excluding hydrogens is 228 g/mol. The molecule has 0 bridgehead atoms. The number of aromatic nitrogens is 2. The Labute approximate surface area is 86.2 Å². The second kappa shape index (κ2) is 3.99. The normalized spacial score (nSPS) is 11.5. The molecule has 1 aromatic rings. The van der Waals surface area contributed by atoms with Gasteiger partial charge in [0.2, 0.25) is 10.0 Å². The lowest BCUT2D eigenvalue weighted by atomic mass is 10.7. The minimum atomic E-state index is -3.66. The van der Waals surface area contributed by atoms with E-state index in [1.165, 1.54) is 0 Å². The lowest BCUT2D eigenvalue weighted by Gasteiger charge is -2.03. The van der Waals surface area contributed by atoms with E-state index in [1.54, 1.807) is 0 Å². The van der Waals surface area contributed by atoms with Crippen LogP contribution in [0.15, 0.2) is 22.7 Å². The predicted molar refractivity (Wildman–Crippen MR) is 53.2 cm³/mol. The number of nitrogens with zero attached hydrogens (tertiary/aromatic N) is 1. The summed E-state index contributed by atoms with van der Waals surface area (Å²) in [6.45, 7) is 3.30. The van der Waals surface area contributed by atoms with Gasteiger partial charge < -0.3 is 5.73 Å². The first-order chi connectivity index (χ1) is 6.43. The molecule has 1 rings (SSSR count). The van der Waals surface area contributed by atoms with Crippen LogP contribution in [0.25, 0.3) is 0 Å². The van der Waals surface area contributed by atoms with Gasteiger partial charge in [0.15, 0.2) is 0 Å². The van der Waals surface area contributed by atoms with Crippen molar-refractivity contribution in [2.45, 2.75) is 4.90 Å². The molecule has 14 heavy (non-hydrogen) atoms. The van der Waals surface area contributed by atoms with E-state index in [2.05, 4.69) is 21.5 Å². The predicted octanol–water partition coefficient (Wildman–Crippen LogP) is 0.0227. The minimum Gasteiger partial charge on any atom is -0.383 e. The average molecular weight is 237 g/mol. The van der Waals surface area contributed by atoms with Crippen LogP contribution in [0.5, 0.6) is 0 Å². The summed E-state index contributed by atoms with van der Waals surface area (Å²) in [5.74, 6) is -0.0160. The lowest BCUT2D eigenvalue weighted by molar-refractivity contribution is 0.586. The van der Waals surface area contributed by atoms with Crippen LogP contribution in [-0.2, 0) is 10.0 Å². The van der Waals surface area contributed by atoms with Gasteiger partial charge in [0, 0.05) is 11.6 Å². The van der Waals surface area contributed by atoms with Crippen LogP contribution in [0.1, 0.15) is 0 Å². The summed E-state index contributed by atoms with van der Waals surface area (Å²) in [5.41, 5.74) is 5.34. The Kier molecular flexibility index (Phi) is 3.14. The molecule has 0 amide bonds. The molecule has 0 atom stereocenters. The molecule has 0 saturated carbocycles. The molecule has 6 nitrogen and oxygen atoms in total. The van der Waals surface area contributed by atoms with E-state index in [0.717, 1.165) is 6.20 Å². The summed E-state index contributed by atoms with van der Waals surface area (Å²) >= 11 is 5.41. The Morgan fingerprint density at radius 3 is 2.86 bits per heavy atom. The molecule has 0 aromatic carbocycles. The van der Waals surface area contributed by atoms with Gasteiger partial charge >= 0.3 is 0 Å². The number of aromatic amines is 1. The van der Waals surface area contributed by atoms with Crippen LogP contribution in [0.4, 0.5) is 5.82 Å². The van der Waals surface area contributed by atoms with Crippen LogP contribution >= 0.6 is 11.6 Å². The van der Waals surface area contributed by atoms with E-state index in [4.69, 9.17) is 17.3 Å². The summed E-state index contributed by atoms with van der Waals surface area (Å²) in [4.78, 5) is -0.101. The molecule has 8 heteroatoms. The van der Waals surface area contributed by atoms with Crippen molar-refractivity contribution in [1.82, 2.24) is 14.9 Å². The number of anilines is 1. The SMILES string of the molecule is C=C(Cl)CNS(=O)(=O)c1cn[nH]c1N. The zero-order valence-corrected chi connectivity index (χ0v) is 8.69. The smallest absolute Gasteiger partial charge is 0.246 e. The van der Waals surface area contributed by atoms with E-state index in [0.29, 0.717) is 0 Å². The average Bonchev–Trinajstić information content (AvgIpc) is 2.48. The van der Waals surface area contributed by atoms with Gasteiger partial charge in [0.25, 0.3) is 0 Å². The van der Waals surface area contributed by atoms with E-state index in [9.17, 15) is 8.42 Å². The lowest BCUT2D eigenvalue weighted by Crippen LogP contribution is -2.25. The maximum atomic E-state index is 11.5. The molecule has 1 aromatic heterocycles. The zero-order chi connectivity index (χ0) is 10.8. The van der Waals surface area contributed by atoms with Gasteiger partial charge in [-0.1, -0.05) is 18.2 Å². The molecule has 0 aliphatic heterocycles. The first-order valence-corrected chi connectivity index (χ1v) is 5.41. The summed E-state index contributed by atoms with van der Waals surface area (Å²) in [6, 6.07) is 0. The van der Waals surface area contributed by atoms with E-state index in [-0.39, 0.29) is 22.3 Å². The molecule has 4 N–H and O–H groups in total. The highest BCUT2D eigenvalue weighted by molar-refractivity contribution is 7.89. The van der Waals surface area contributed by atoms with E-state index in [1.807, 2.05) is 0 Å². The van der Waals surface area contributed by atoms with E-state index >= 15 is 0 Å². The van der Waals surface area contributed by atoms with Crippen LogP contribution < -0.4 is 10.5 Å². The maximum Gasteiger partial charge on any atom is 0.246 e. The summed E-state index contributed by atoms with van der Waals surface area (Å²) in [7, 11) is -3.66. The fourth-order valence-electron chi connectivity index (χ4n) is 0.750. The van der Waals surface area contributed by atoms with Crippen molar-refractivity contribution in [2.24, 2.45) is 0 Å². The van der Waals surface area contributed by atoms with Gasteiger partial charge in [0.1, 0.15) is 10.7 Å². The van der Waals surface area contributed by atoms with Crippen molar-refractivity contribution in [1.29, 1.82) is 0 Å². The third-order valence-corrected chi connectivity index (χ3v) is 2.94. The van der Waals surface area contributed by atoms with Crippen molar-refractivity contribution >= 4 is 27.4 Å². The topological polar surface area (TPSA) is 101 Å². The number of halogens is 1. The first-order valence-electron chi connectivity index (χ1n) is 3.55. The number of nitrogens with two attached hydrogens (primary N) is 1. The Bertz CT molecular complexity index is 438. The Hall–Kier alpha value is -1.05. The minimum absolute atomic E-state index is 0.0160.